The average Bonchev–Trinajstić information content (AvgIpc) is 2.87. The molecule has 1 fully saturated rings. The van der Waals surface area contributed by atoms with Crippen LogP contribution in [0.15, 0.2) is 4.52 Å². The zero-order valence-corrected chi connectivity index (χ0v) is 12.3. The van der Waals surface area contributed by atoms with Crippen LogP contribution < -0.4 is 5.73 Å². The van der Waals surface area contributed by atoms with Crippen molar-refractivity contribution in [1.29, 1.82) is 0 Å². The van der Waals surface area contributed by atoms with E-state index in [1.54, 1.807) is 0 Å². The standard InChI is InChI=1S/C14H24N4O2/c1-3-4-13-16-14(20-17-13)10(2)18-7-5-11(6-8-18)9-12(15)19/h10-11H,3-9H2,1-2H3,(H2,15,19). The minimum Gasteiger partial charge on any atom is -0.370 e. The van der Waals surface area contributed by atoms with Gasteiger partial charge in [-0.25, -0.2) is 0 Å². The normalized spacial score (nSPS) is 19.1. The molecule has 112 valence electrons. The molecule has 20 heavy (non-hydrogen) atoms. The Hall–Kier alpha value is -1.43. The van der Waals surface area contributed by atoms with E-state index in [0.717, 1.165) is 44.6 Å². The quantitative estimate of drug-likeness (QED) is 0.856. The van der Waals surface area contributed by atoms with Crippen molar-refractivity contribution in [2.45, 2.75) is 52.0 Å². The summed E-state index contributed by atoms with van der Waals surface area (Å²) in [6.07, 6.45) is 4.39. The van der Waals surface area contributed by atoms with Crippen LogP contribution in [0.4, 0.5) is 0 Å². The zero-order valence-electron chi connectivity index (χ0n) is 12.3. The lowest BCUT2D eigenvalue weighted by atomic mass is 9.92. The first kappa shape index (κ1) is 15.0. The third-order valence-electron chi connectivity index (χ3n) is 4.00. The fourth-order valence-electron chi connectivity index (χ4n) is 2.75. The maximum atomic E-state index is 10.9. The monoisotopic (exact) mass is 280 g/mol. The maximum Gasteiger partial charge on any atom is 0.243 e. The number of hydrogen-bond acceptors (Lipinski definition) is 5. The van der Waals surface area contributed by atoms with Crippen molar-refractivity contribution in [3.63, 3.8) is 0 Å². The van der Waals surface area contributed by atoms with Crippen LogP contribution in [-0.2, 0) is 11.2 Å². The van der Waals surface area contributed by atoms with E-state index in [0.29, 0.717) is 18.2 Å². The summed E-state index contributed by atoms with van der Waals surface area (Å²) in [4.78, 5) is 17.7. The molecule has 1 unspecified atom stereocenters. The van der Waals surface area contributed by atoms with Gasteiger partial charge in [-0.15, -0.1) is 0 Å². The number of nitrogens with two attached hydrogens (primary N) is 1. The topological polar surface area (TPSA) is 85.3 Å². The van der Waals surface area contributed by atoms with E-state index in [1.807, 2.05) is 0 Å². The van der Waals surface area contributed by atoms with Gasteiger partial charge in [0.1, 0.15) is 0 Å². The number of aromatic nitrogens is 2. The molecule has 6 nitrogen and oxygen atoms in total. The fraction of sp³-hybridized carbons (Fsp3) is 0.786. The third kappa shape index (κ3) is 3.79. The predicted molar refractivity (Wildman–Crippen MR) is 74.8 cm³/mol. The Bertz CT molecular complexity index is 438. The van der Waals surface area contributed by atoms with Gasteiger partial charge in [0, 0.05) is 12.8 Å². The van der Waals surface area contributed by atoms with Crippen LogP contribution in [0.1, 0.15) is 57.3 Å². The SMILES string of the molecule is CCCc1noc(C(C)N2CCC(CC(N)=O)CC2)n1. The van der Waals surface area contributed by atoms with Gasteiger partial charge in [0.2, 0.25) is 11.8 Å². The highest BCUT2D eigenvalue weighted by atomic mass is 16.5. The van der Waals surface area contributed by atoms with Crippen molar-refractivity contribution >= 4 is 5.91 Å². The average molecular weight is 280 g/mol. The molecule has 2 rings (SSSR count). The highest BCUT2D eigenvalue weighted by Crippen LogP contribution is 2.27. The fourth-order valence-corrected chi connectivity index (χ4v) is 2.75. The minimum absolute atomic E-state index is 0.141. The lowest BCUT2D eigenvalue weighted by molar-refractivity contribution is -0.119. The van der Waals surface area contributed by atoms with Crippen molar-refractivity contribution in [3.8, 4) is 0 Å². The molecule has 1 atom stereocenters. The van der Waals surface area contributed by atoms with Gasteiger partial charge in [-0.05, 0) is 45.2 Å². The number of rotatable bonds is 6. The maximum absolute atomic E-state index is 10.9. The van der Waals surface area contributed by atoms with E-state index in [9.17, 15) is 4.79 Å². The van der Waals surface area contributed by atoms with Gasteiger partial charge >= 0.3 is 0 Å². The molecule has 1 aromatic heterocycles. The van der Waals surface area contributed by atoms with E-state index in [4.69, 9.17) is 10.3 Å². The second-order valence-electron chi connectivity index (χ2n) is 5.62. The van der Waals surface area contributed by atoms with Gasteiger partial charge in [-0.1, -0.05) is 12.1 Å². The van der Waals surface area contributed by atoms with Crippen LogP contribution in [0.25, 0.3) is 0 Å². The first-order chi connectivity index (χ1) is 9.60. The number of aryl methyl sites for hydroxylation is 1. The van der Waals surface area contributed by atoms with Crippen LogP contribution in [0.2, 0.25) is 0 Å². The smallest absolute Gasteiger partial charge is 0.243 e. The molecule has 1 aliphatic rings. The molecule has 0 radical (unpaired) electrons. The molecule has 1 aliphatic heterocycles. The summed E-state index contributed by atoms with van der Waals surface area (Å²) in [6, 6.07) is 0.141. The van der Waals surface area contributed by atoms with Crippen molar-refractivity contribution in [2.24, 2.45) is 11.7 Å². The molecule has 6 heteroatoms. The Morgan fingerprint density at radius 2 is 2.20 bits per heavy atom. The van der Waals surface area contributed by atoms with Gasteiger partial charge in [-0.3, -0.25) is 9.69 Å². The second kappa shape index (κ2) is 6.83. The minimum atomic E-state index is -0.197. The molecule has 0 spiro atoms. The predicted octanol–water partition coefficient (Wildman–Crippen LogP) is 1.67. The number of amides is 1. The number of likely N-dealkylation sites (tertiary alicyclic amines) is 1. The summed E-state index contributed by atoms with van der Waals surface area (Å²) < 4.78 is 5.35. The van der Waals surface area contributed by atoms with Crippen LogP contribution in [0, 0.1) is 5.92 Å². The number of carbonyl (C=O) groups excluding carboxylic acids is 1. The molecule has 0 saturated carbocycles. The lowest BCUT2D eigenvalue weighted by Gasteiger charge is -2.34. The Morgan fingerprint density at radius 1 is 1.50 bits per heavy atom. The first-order valence-electron chi connectivity index (χ1n) is 7.45. The molecule has 1 saturated heterocycles. The van der Waals surface area contributed by atoms with Gasteiger partial charge in [-0.2, -0.15) is 4.98 Å². The Balaban J connectivity index is 1.87. The van der Waals surface area contributed by atoms with Crippen LogP contribution in [0.5, 0.6) is 0 Å². The van der Waals surface area contributed by atoms with Crippen molar-refractivity contribution in [3.05, 3.63) is 11.7 Å². The summed E-state index contributed by atoms with van der Waals surface area (Å²) in [5.41, 5.74) is 5.25. The first-order valence-corrected chi connectivity index (χ1v) is 7.45. The summed E-state index contributed by atoms with van der Waals surface area (Å²) in [6.45, 7) is 6.09. The Labute approximate surface area is 119 Å². The Kier molecular flexibility index (Phi) is 5.11. The molecular formula is C14H24N4O2. The van der Waals surface area contributed by atoms with Crippen molar-refractivity contribution in [2.75, 3.05) is 13.1 Å². The van der Waals surface area contributed by atoms with Gasteiger partial charge < -0.3 is 10.3 Å². The van der Waals surface area contributed by atoms with Crippen LogP contribution >= 0.6 is 0 Å². The van der Waals surface area contributed by atoms with E-state index in [-0.39, 0.29) is 11.9 Å². The van der Waals surface area contributed by atoms with Crippen molar-refractivity contribution in [1.82, 2.24) is 15.0 Å². The summed E-state index contributed by atoms with van der Waals surface area (Å²) >= 11 is 0. The largest absolute Gasteiger partial charge is 0.370 e. The molecule has 0 bridgehead atoms. The molecule has 2 N–H and O–H groups in total. The molecule has 2 heterocycles. The number of primary amides is 1. The van der Waals surface area contributed by atoms with Gasteiger partial charge in [0.05, 0.1) is 6.04 Å². The second-order valence-corrected chi connectivity index (χ2v) is 5.62. The van der Waals surface area contributed by atoms with Crippen LogP contribution in [0.3, 0.4) is 0 Å². The summed E-state index contributed by atoms with van der Waals surface area (Å²) in [5.74, 6) is 1.71. The number of piperidine rings is 1. The Morgan fingerprint density at radius 3 is 2.80 bits per heavy atom. The van der Waals surface area contributed by atoms with Gasteiger partial charge in [0.25, 0.3) is 0 Å². The molecule has 1 aromatic rings. The molecule has 0 aliphatic carbocycles. The van der Waals surface area contributed by atoms with E-state index in [2.05, 4.69) is 28.9 Å². The summed E-state index contributed by atoms with van der Waals surface area (Å²) in [7, 11) is 0. The zero-order chi connectivity index (χ0) is 14.5. The summed E-state index contributed by atoms with van der Waals surface area (Å²) in [5, 5.41) is 4.00. The van der Waals surface area contributed by atoms with E-state index >= 15 is 0 Å². The van der Waals surface area contributed by atoms with E-state index in [1.165, 1.54) is 0 Å². The molecule has 0 aromatic carbocycles. The highest BCUT2D eigenvalue weighted by molar-refractivity contribution is 5.73. The third-order valence-corrected chi connectivity index (χ3v) is 4.00. The number of carbonyl (C=O) groups is 1. The lowest BCUT2D eigenvalue weighted by Crippen LogP contribution is -2.36. The van der Waals surface area contributed by atoms with Crippen molar-refractivity contribution < 1.29 is 9.32 Å². The highest BCUT2D eigenvalue weighted by Gasteiger charge is 2.27. The molecule has 1 amide bonds. The van der Waals surface area contributed by atoms with E-state index < -0.39 is 0 Å². The molecular weight excluding hydrogens is 256 g/mol. The van der Waals surface area contributed by atoms with Crippen LogP contribution in [-0.4, -0.2) is 34.0 Å². The van der Waals surface area contributed by atoms with Gasteiger partial charge in [0.15, 0.2) is 5.82 Å². The number of nitrogens with zero attached hydrogens (tertiary/aromatic N) is 3. The number of hydrogen-bond donors (Lipinski definition) is 1.